The van der Waals surface area contributed by atoms with Crippen LogP contribution in [0.3, 0.4) is 0 Å². The molecule has 0 aliphatic heterocycles. The summed E-state index contributed by atoms with van der Waals surface area (Å²) in [6.45, 7) is 3.84. The third kappa shape index (κ3) is 4.44. The van der Waals surface area contributed by atoms with Crippen molar-refractivity contribution in [2.75, 3.05) is 0 Å². The van der Waals surface area contributed by atoms with E-state index in [1.54, 1.807) is 5.37 Å². The molecule has 0 spiro atoms. The van der Waals surface area contributed by atoms with Gasteiger partial charge in [-0.05, 0) is 13.3 Å². The number of hydrogen-bond donors (Lipinski definition) is 1. The molecule has 58 valence electrons. The molecule has 0 fully saturated rings. The van der Waals surface area contributed by atoms with Crippen LogP contribution < -0.4 is 5.32 Å². The number of nitrogens with one attached hydrogen (secondary N) is 1. The van der Waals surface area contributed by atoms with Crippen molar-refractivity contribution >= 4 is 23.5 Å². The maximum absolute atomic E-state index is 10.8. The van der Waals surface area contributed by atoms with Crippen molar-refractivity contribution in [2.45, 2.75) is 32.7 Å². The first-order valence-electron chi connectivity index (χ1n) is 3.45. The van der Waals surface area contributed by atoms with Gasteiger partial charge in [0.05, 0.1) is 6.04 Å². The van der Waals surface area contributed by atoms with E-state index in [1.165, 1.54) is 0 Å². The van der Waals surface area contributed by atoms with Crippen molar-refractivity contribution in [2.24, 2.45) is 0 Å². The minimum Gasteiger partial charge on any atom is -0.349 e. The van der Waals surface area contributed by atoms with Gasteiger partial charge in [-0.25, -0.2) is 0 Å². The van der Waals surface area contributed by atoms with Gasteiger partial charge < -0.3 is 5.32 Å². The molecule has 1 N–H and O–H groups in total. The first-order chi connectivity index (χ1) is 4.70. The standard InChI is InChI=1S/C7H13NOS/c1-3-4-7(9)8-6(2)5-10/h5-6H,3-4H2,1-2H3,(H,8,9). The topological polar surface area (TPSA) is 29.1 Å². The lowest BCUT2D eigenvalue weighted by molar-refractivity contribution is -0.121. The highest BCUT2D eigenvalue weighted by Gasteiger charge is 2.01. The monoisotopic (exact) mass is 159 g/mol. The molecule has 2 nitrogen and oxygen atoms in total. The van der Waals surface area contributed by atoms with Gasteiger partial charge >= 0.3 is 0 Å². The zero-order chi connectivity index (χ0) is 7.98. The first kappa shape index (κ1) is 9.56. The maximum atomic E-state index is 10.8. The molecule has 0 aromatic heterocycles. The molecule has 0 aromatic carbocycles. The molecule has 0 heterocycles. The lowest BCUT2D eigenvalue weighted by Crippen LogP contribution is -2.32. The van der Waals surface area contributed by atoms with E-state index < -0.39 is 0 Å². The zero-order valence-electron chi connectivity index (χ0n) is 6.39. The molecule has 0 aromatic rings. The Labute approximate surface area is 67.0 Å². The minimum absolute atomic E-state index is 0.0223. The minimum atomic E-state index is 0.0223. The maximum Gasteiger partial charge on any atom is 0.220 e. The van der Waals surface area contributed by atoms with Crippen LogP contribution in [-0.2, 0) is 4.79 Å². The second-order valence-corrected chi connectivity index (χ2v) is 2.51. The Bertz CT molecular complexity index is 125. The highest BCUT2D eigenvalue weighted by atomic mass is 32.1. The van der Waals surface area contributed by atoms with Gasteiger partial charge in [-0.1, -0.05) is 19.1 Å². The molecule has 1 amide bonds. The van der Waals surface area contributed by atoms with Gasteiger partial charge in [0.1, 0.15) is 0 Å². The lowest BCUT2D eigenvalue weighted by Gasteiger charge is -2.06. The molecule has 0 saturated carbocycles. The molecule has 0 aliphatic rings. The molecule has 0 rings (SSSR count). The zero-order valence-corrected chi connectivity index (χ0v) is 7.20. The van der Waals surface area contributed by atoms with Crippen LogP contribution >= 0.6 is 12.2 Å². The molecular weight excluding hydrogens is 146 g/mol. The number of carbonyl (C=O) groups is 1. The van der Waals surface area contributed by atoms with Crippen LogP contribution in [0.1, 0.15) is 26.7 Å². The summed E-state index contributed by atoms with van der Waals surface area (Å²) in [6, 6.07) is 0.0223. The third-order valence-corrected chi connectivity index (χ3v) is 1.48. The summed E-state index contributed by atoms with van der Waals surface area (Å²) in [5.74, 6) is 0.0797. The van der Waals surface area contributed by atoms with E-state index >= 15 is 0 Å². The molecule has 1 atom stereocenters. The highest BCUT2D eigenvalue weighted by molar-refractivity contribution is 7.79. The first-order valence-corrected chi connectivity index (χ1v) is 3.92. The Morgan fingerprint density at radius 1 is 1.80 bits per heavy atom. The van der Waals surface area contributed by atoms with Gasteiger partial charge in [0.2, 0.25) is 5.91 Å². The van der Waals surface area contributed by atoms with Gasteiger partial charge in [0.15, 0.2) is 0 Å². The van der Waals surface area contributed by atoms with Crippen LogP contribution in [0.4, 0.5) is 0 Å². The van der Waals surface area contributed by atoms with Crippen LogP contribution in [-0.4, -0.2) is 17.3 Å². The molecule has 3 heteroatoms. The smallest absolute Gasteiger partial charge is 0.220 e. The fourth-order valence-corrected chi connectivity index (χ4v) is 0.655. The summed E-state index contributed by atoms with van der Waals surface area (Å²) in [4.78, 5) is 10.8. The number of thiocarbonyl (C=S) groups is 1. The Balaban J connectivity index is 3.46. The van der Waals surface area contributed by atoms with E-state index in [2.05, 4.69) is 17.5 Å². The van der Waals surface area contributed by atoms with E-state index in [1.807, 2.05) is 13.8 Å². The van der Waals surface area contributed by atoms with E-state index in [0.29, 0.717) is 6.42 Å². The Morgan fingerprint density at radius 2 is 2.40 bits per heavy atom. The summed E-state index contributed by atoms with van der Waals surface area (Å²) in [6.07, 6.45) is 1.48. The van der Waals surface area contributed by atoms with Crippen molar-refractivity contribution in [3.05, 3.63) is 0 Å². The van der Waals surface area contributed by atoms with Crippen molar-refractivity contribution in [3.63, 3.8) is 0 Å². The fraction of sp³-hybridized carbons (Fsp3) is 0.714. The van der Waals surface area contributed by atoms with E-state index in [4.69, 9.17) is 0 Å². The molecule has 0 bridgehead atoms. The van der Waals surface area contributed by atoms with Gasteiger partial charge in [-0.2, -0.15) is 0 Å². The highest BCUT2D eigenvalue weighted by Crippen LogP contribution is 1.86. The largest absolute Gasteiger partial charge is 0.349 e. The van der Waals surface area contributed by atoms with Crippen molar-refractivity contribution in [1.82, 2.24) is 5.32 Å². The summed E-state index contributed by atoms with van der Waals surface area (Å²) in [5, 5.41) is 4.28. The average Bonchev–Trinajstić information content (AvgIpc) is 1.88. The Kier molecular flexibility index (Phi) is 5.12. The van der Waals surface area contributed by atoms with Crippen molar-refractivity contribution in [3.8, 4) is 0 Å². The van der Waals surface area contributed by atoms with E-state index in [9.17, 15) is 4.79 Å². The molecule has 10 heavy (non-hydrogen) atoms. The van der Waals surface area contributed by atoms with Gasteiger partial charge in [0, 0.05) is 11.8 Å². The van der Waals surface area contributed by atoms with E-state index in [0.717, 1.165) is 6.42 Å². The second-order valence-electron chi connectivity index (χ2n) is 2.24. The van der Waals surface area contributed by atoms with Gasteiger partial charge in [-0.15, -0.1) is 0 Å². The normalized spacial score (nSPS) is 12.2. The molecule has 0 aliphatic carbocycles. The Morgan fingerprint density at radius 3 is 2.80 bits per heavy atom. The summed E-state index contributed by atoms with van der Waals surface area (Å²) < 4.78 is 0. The van der Waals surface area contributed by atoms with Crippen molar-refractivity contribution < 1.29 is 4.79 Å². The predicted octanol–water partition coefficient (Wildman–Crippen LogP) is 1.29. The summed E-state index contributed by atoms with van der Waals surface area (Å²) >= 11 is 4.64. The van der Waals surface area contributed by atoms with Crippen LogP contribution in [0.15, 0.2) is 0 Å². The van der Waals surface area contributed by atoms with Crippen LogP contribution in [0.2, 0.25) is 0 Å². The Hall–Kier alpha value is -0.440. The number of amides is 1. The second kappa shape index (κ2) is 5.35. The van der Waals surface area contributed by atoms with Crippen LogP contribution in [0, 0.1) is 0 Å². The third-order valence-electron chi connectivity index (χ3n) is 1.07. The van der Waals surface area contributed by atoms with Crippen molar-refractivity contribution in [1.29, 1.82) is 0 Å². The SMILES string of the molecule is CCCC(=O)NC(C)C=S. The van der Waals surface area contributed by atoms with E-state index in [-0.39, 0.29) is 11.9 Å². The fourth-order valence-electron chi connectivity index (χ4n) is 0.587. The van der Waals surface area contributed by atoms with Gasteiger partial charge in [0.25, 0.3) is 0 Å². The number of rotatable bonds is 4. The number of carbonyl (C=O) groups excluding carboxylic acids is 1. The lowest BCUT2D eigenvalue weighted by atomic mass is 10.3. The molecular formula is C7H13NOS. The summed E-state index contributed by atoms with van der Waals surface area (Å²) in [5.41, 5.74) is 0. The van der Waals surface area contributed by atoms with Crippen LogP contribution in [0.25, 0.3) is 0 Å². The van der Waals surface area contributed by atoms with Crippen LogP contribution in [0.5, 0.6) is 0 Å². The molecule has 0 radical (unpaired) electrons. The molecule has 1 unspecified atom stereocenters. The summed E-state index contributed by atoms with van der Waals surface area (Å²) in [7, 11) is 0. The molecule has 0 saturated heterocycles. The quantitative estimate of drug-likeness (QED) is 0.626. The average molecular weight is 159 g/mol. The van der Waals surface area contributed by atoms with Gasteiger partial charge in [-0.3, -0.25) is 4.79 Å². The predicted molar refractivity (Wildman–Crippen MR) is 46.2 cm³/mol. The number of hydrogen-bond acceptors (Lipinski definition) is 2.